The van der Waals surface area contributed by atoms with E-state index >= 15 is 0 Å². The Morgan fingerprint density at radius 2 is 2.17 bits per heavy atom. The molecule has 4 heteroatoms. The summed E-state index contributed by atoms with van der Waals surface area (Å²) in [5.41, 5.74) is 1.23. The van der Waals surface area contributed by atoms with Crippen molar-refractivity contribution in [3.8, 4) is 5.75 Å². The molecule has 0 radical (unpaired) electrons. The number of nitrogens with one attached hydrogen (secondary N) is 1. The van der Waals surface area contributed by atoms with Crippen LogP contribution < -0.4 is 10.1 Å². The number of likely N-dealkylation sites (N-methyl/N-ethyl adjacent to an activating group) is 1. The van der Waals surface area contributed by atoms with Crippen LogP contribution in [-0.4, -0.2) is 38.2 Å². The summed E-state index contributed by atoms with van der Waals surface area (Å²) < 4.78 is 6.96. The van der Waals surface area contributed by atoms with E-state index in [1.807, 2.05) is 12.1 Å². The third-order valence-corrected chi connectivity index (χ3v) is 3.47. The lowest BCUT2D eigenvalue weighted by molar-refractivity contribution is 0.259. The first kappa shape index (κ1) is 13.8. The van der Waals surface area contributed by atoms with E-state index < -0.39 is 0 Å². The molecule has 0 atom stereocenters. The van der Waals surface area contributed by atoms with Crippen LogP contribution >= 0.6 is 15.9 Å². The standard InChI is InChI=1S/C14H21BrN2O/c1-17(2)7-8-18-14-6-3-12(15)9-11(14)10-16-13-4-5-13/h3,6,9,13,16H,4-5,7-8,10H2,1-2H3. The number of nitrogens with zero attached hydrogens (tertiary/aromatic N) is 1. The predicted molar refractivity (Wildman–Crippen MR) is 78.1 cm³/mol. The fourth-order valence-corrected chi connectivity index (χ4v) is 2.12. The van der Waals surface area contributed by atoms with E-state index in [-0.39, 0.29) is 0 Å². The van der Waals surface area contributed by atoms with E-state index in [1.54, 1.807) is 0 Å². The van der Waals surface area contributed by atoms with Crippen LogP contribution in [0.5, 0.6) is 5.75 Å². The van der Waals surface area contributed by atoms with Crippen molar-refractivity contribution in [1.82, 2.24) is 10.2 Å². The van der Waals surface area contributed by atoms with Gasteiger partial charge in [-0.15, -0.1) is 0 Å². The van der Waals surface area contributed by atoms with Crippen LogP contribution in [0.4, 0.5) is 0 Å². The molecule has 1 aliphatic rings. The highest BCUT2D eigenvalue weighted by Gasteiger charge is 2.20. The zero-order valence-corrected chi connectivity index (χ0v) is 12.7. The van der Waals surface area contributed by atoms with Gasteiger partial charge >= 0.3 is 0 Å². The third-order valence-electron chi connectivity index (χ3n) is 2.98. The summed E-state index contributed by atoms with van der Waals surface area (Å²) in [6, 6.07) is 6.94. The molecule has 0 unspecified atom stereocenters. The van der Waals surface area contributed by atoms with E-state index in [0.29, 0.717) is 0 Å². The molecule has 1 saturated carbocycles. The van der Waals surface area contributed by atoms with Gasteiger partial charge < -0.3 is 15.0 Å². The van der Waals surface area contributed by atoms with Crippen LogP contribution in [0, 0.1) is 0 Å². The number of rotatable bonds is 7. The number of hydrogen-bond donors (Lipinski definition) is 1. The minimum Gasteiger partial charge on any atom is -0.492 e. The fourth-order valence-electron chi connectivity index (χ4n) is 1.71. The molecule has 18 heavy (non-hydrogen) atoms. The molecule has 100 valence electrons. The monoisotopic (exact) mass is 312 g/mol. The van der Waals surface area contributed by atoms with Crippen molar-refractivity contribution in [3.05, 3.63) is 28.2 Å². The molecule has 1 aliphatic carbocycles. The summed E-state index contributed by atoms with van der Waals surface area (Å²) >= 11 is 3.52. The summed E-state index contributed by atoms with van der Waals surface area (Å²) in [6.45, 7) is 2.55. The van der Waals surface area contributed by atoms with Gasteiger partial charge in [0.15, 0.2) is 0 Å². The summed E-state index contributed by atoms with van der Waals surface area (Å²) in [5.74, 6) is 0.994. The van der Waals surface area contributed by atoms with E-state index in [9.17, 15) is 0 Å². The molecule has 0 aliphatic heterocycles. The molecule has 0 aromatic heterocycles. The zero-order valence-electron chi connectivity index (χ0n) is 11.1. The van der Waals surface area contributed by atoms with Crippen LogP contribution in [0.1, 0.15) is 18.4 Å². The first-order valence-electron chi connectivity index (χ1n) is 6.44. The highest BCUT2D eigenvalue weighted by molar-refractivity contribution is 9.10. The zero-order chi connectivity index (χ0) is 13.0. The molecule has 0 saturated heterocycles. The quantitative estimate of drug-likeness (QED) is 0.837. The van der Waals surface area contributed by atoms with Crippen molar-refractivity contribution in [1.29, 1.82) is 0 Å². The minimum atomic E-state index is 0.721. The van der Waals surface area contributed by atoms with Gasteiger partial charge in [-0.2, -0.15) is 0 Å². The Labute approximate surface area is 118 Å². The topological polar surface area (TPSA) is 24.5 Å². The minimum absolute atomic E-state index is 0.721. The fraction of sp³-hybridized carbons (Fsp3) is 0.571. The molecular weight excluding hydrogens is 292 g/mol. The van der Waals surface area contributed by atoms with E-state index in [0.717, 1.165) is 36.0 Å². The molecule has 0 heterocycles. The SMILES string of the molecule is CN(C)CCOc1ccc(Br)cc1CNC1CC1. The van der Waals surface area contributed by atoms with Crippen LogP contribution in [0.3, 0.4) is 0 Å². The lowest BCUT2D eigenvalue weighted by Gasteiger charge is -2.14. The average molecular weight is 313 g/mol. The number of benzene rings is 1. The first-order valence-corrected chi connectivity index (χ1v) is 7.24. The van der Waals surface area contributed by atoms with E-state index in [1.165, 1.54) is 18.4 Å². The van der Waals surface area contributed by atoms with Gasteiger partial charge in [0.25, 0.3) is 0 Å². The Hall–Kier alpha value is -0.580. The van der Waals surface area contributed by atoms with Crippen LogP contribution in [0.2, 0.25) is 0 Å². The molecule has 1 fully saturated rings. The Morgan fingerprint density at radius 3 is 2.83 bits per heavy atom. The molecule has 1 aromatic rings. The normalized spacial score (nSPS) is 15.1. The number of halogens is 1. The highest BCUT2D eigenvalue weighted by Crippen LogP contribution is 2.25. The maximum atomic E-state index is 5.85. The number of ether oxygens (including phenoxy) is 1. The Balaban J connectivity index is 1.93. The van der Waals surface area contributed by atoms with Crippen molar-refractivity contribution < 1.29 is 4.74 Å². The third kappa shape index (κ3) is 4.59. The highest BCUT2D eigenvalue weighted by atomic mass is 79.9. The van der Waals surface area contributed by atoms with Gasteiger partial charge in [0.05, 0.1) is 0 Å². The lowest BCUT2D eigenvalue weighted by atomic mass is 10.2. The van der Waals surface area contributed by atoms with Gasteiger partial charge in [-0.25, -0.2) is 0 Å². The summed E-state index contributed by atoms with van der Waals surface area (Å²) in [5, 5.41) is 3.53. The summed E-state index contributed by atoms with van der Waals surface area (Å²) in [7, 11) is 4.11. The predicted octanol–water partition coefficient (Wildman–Crippen LogP) is 2.64. The molecule has 3 nitrogen and oxygen atoms in total. The molecule has 1 aromatic carbocycles. The Kier molecular flexibility index (Phi) is 5.03. The Bertz CT molecular complexity index is 391. The maximum absolute atomic E-state index is 5.85. The van der Waals surface area contributed by atoms with Crippen molar-refractivity contribution in [2.75, 3.05) is 27.2 Å². The van der Waals surface area contributed by atoms with Crippen molar-refractivity contribution >= 4 is 15.9 Å². The van der Waals surface area contributed by atoms with Gasteiger partial charge in [0.1, 0.15) is 12.4 Å². The molecule has 0 amide bonds. The molecular formula is C14H21BrN2O. The van der Waals surface area contributed by atoms with Gasteiger partial charge in [-0.05, 0) is 45.1 Å². The summed E-state index contributed by atoms with van der Waals surface area (Å²) in [4.78, 5) is 2.13. The molecule has 2 rings (SSSR count). The van der Waals surface area contributed by atoms with Gasteiger partial charge in [-0.3, -0.25) is 0 Å². The van der Waals surface area contributed by atoms with Crippen LogP contribution in [0.25, 0.3) is 0 Å². The van der Waals surface area contributed by atoms with E-state index in [4.69, 9.17) is 4.74 Å². The van der Waals surface area contributed by atoms with Gasteiger partial charge in [0, 0.05) is 29.2 Å². The van der Waals surface area contributed by atoms with Crippen LogP contribution in [-0.2, 0) is 6.54 Å². The second kappa shape index (κ2) is 6.55. The molecule has 1 N–H and O–H groups in total. The summed E-state index contributed by atoms with van der Waals surface area (Å²) in [6.07, 6.45) is 2.62. The first-order chi connectivity index (χ1) is 8.65. The Morgan fingerprint density at radius 1 is 1.39 bits per heavy atom. The molecule has 0 spiro atoms. The van der Waals surface area contributed by atoms with Gasteiger partial charge in [-0.1, -0.05) is 15.9 Å². The van der Waals surface area contributed by atoms with Crippen molar-refractivity contribution in [2.24, 2.45) is 0 Å². The second-order valence-electron chi connectivity index (χ2n) is 5.06. The van der Waals surface area contributed by atoms with Crippen LogP contribution in [0.15, 0.2) is 22.7 Å². The second-order valence-corrected chi connectivity index (χ2v) is 5.97. The van der Waals surface area contributed by atoms with E-state index in [2.05, 4.69) is 46.3 Å². The average Bonchev–Trinajstić information content (AvgIpc) is 3.12. The number of hydrogen-bond acceptors (Lipinski definition) is 3. The van der Waals surface area contributed by atoms with Gasteiger partial charge in [0.2, 0.25) is 0 Å². The lowest BCUT2D eigenvalue weighted by Crippen LogP contribution is -2.20. The maximum Gasteiger partial charge on any atom is 0.123 e. The smallest absolute Gasteiger partial charge is 0.123 e. The van der Waals surface area contributed by atoms with Crippen molar-refractivity contribution in [2.45, 2.75) is 25.4 Å². The largest absolute Gasteiger partial charge is 0.492 e. The van der Waals surface area contributed by atoms with Crippen molar-refractivity contribution in [3.63, 3.8) is 0 Å². The molecule has 0 bridgehead atoms.